The van der Waals surface area contributed by atoms with Gasteiger partial charge in [-0.05, 0) is 35.4 Å². The SMILES string of the molecule is CCC(=O)N(Cc1cccc2[nH]ccc12)Cc1cccc2[nH]ccc12. The summed E-state index contributed by atoms with van der Waals surface area (Å²) in [5, 5.41) is 2.35. The Labute approximate surface area is 146 Å². The van der Waals surface area contributed by atoms with Gasteiger partial charge in [-0.1, -0.05) is 31.2 Å². The number of rotatable bonds is 5. The Hall–Kier alpha value is -3.01. The van der Waals surface area contributed by atoms with Gasteiger partial charge < -0.3 is 14.9 Å². The first-order valence-electron chi connectivity index (χ1n) is 8.64. The van der Waals surface area contributed by atoms with Gasteiger partial charge in [0.1, 0.15) is 0 Å². The monoisotopic (exact) mass is 331 g/mol. The number of amides is 1. The molecule has 2 N–H and O–H groups in total. The minimum atomic E-state index is 0.167. The maximum atomic E-state index is 12.6. The summed E-state index contributed by atoms with van der Waals surface area (Å²) in [6.45, 7) is 3.15. The number of H-pyrrole nitrogens is 2. The smallest absolute Gasteiger partial charge is 0.222 e. The van der Waals surface area contributed by atoms with Crippen LogP contribution in [0.3, 0.4) is 0 Å². The molecular weight excluding hydrogens is 310 g/mol. The Morgan fingerprint density at radius 2 is 1.36 bits per heavy atom. The van der Waals surface area contributed by atoms with Crippen molar-refractivity contribution in [3.05, 3.63) is 72.1 Å². The maximum absolute atomic E-state index is 12.6. The fraction of sp³-hybridized carbons (Fsp3) is 0.190. The molecule has 0 bridgehead atoms. The summed E-state index contributed by atoms with van der Waals surface area (Å²) in [6, 6.07) is 16.5. The zero-order valence-corrected chi connectivity index (χ0v) is 14.3. The van der Waals surface area contributed by atoms with Crippen LogP contribution in [0.1, 0.15) is 24.5 Å². The molecule has 4 heteroatoms. The molecule has 0 aliphatic rings. The Morgan fingerprint density at radius 1 is 0.840 bits per heavy atom. The zero-order chi connectivity index (χ0) is 17.2. The quantitative estimate of drug-likeness (QED) is 0.552. The molecule has 0 unspecified atom stereocenters. The molecule has 2 aromatic carbocycles. The normalized spacial score (nSPS) is 11.2. The van der Waals surface area contributed by atoms with E-state index < -0.39 is 0 Å². The van der Waals surface area contributed by atoms with Gasteiger partial charge in [0, 0.05) is 53.7 Å². The summed E-state index contributed by atoms with van der Waals surface area (Å²) in [6.07, 6.45) is 4.40. The first-order chi connectivity index (χ1) is 12.3. The van der Waals surface area contributed by atoms with Gasteiger partial charge in [0.15, 0.2) is 0 Å². The van der Waals surface area contributed by atoms with E-state index in [1.165, 1.54) is 21.9 Å². The number of benzene rings is 2. The third kappa shape index (κ3) is 2.91. The van der Waals surface area contributed by atoms with Crippen LogP contribution in [0, 0.1) is 0 Å². The van der Waals surface area contributed by atoms with Crippen molar-refractivity contribution in [3.63, 3.8) is 0 Å². The molecule has 0 radical (unpaired) electrons. The highest BCUT2D eigenvalue weighted by molar-refractivity contribution is 5.85. The number of fused-ring (bicyclic) bond motifs is 2. The lowest BCUT2D eigenvalue weighted by molar-refractivity contribution is -0.132. The second-order valence-electron chi connectivity index (χ2n) is 6.32. The van der Waals surface area contributed by atoms with Crippen LogP contribution in [0.5, 0.6) is 0 Å². The first-order valence-corrected chi connectivity index (χ1v) is 8.64. The van der Waals surface area contributed by atoms with Crippen LogP contribution in [0.15, 0.2) is 60.9 Å². The van der Waals surface area contributed by atoms with Crippen molar-refractivity contribution in [1.29, 1.82) is 0 Å². The van der Waals surface area contributed by atoms with Crippen LogP contribution in [0.4, 0.5) is 0 Å². The van der Waals surface area contributed by atoms with Crippen LogP contribution in [0.25, 0.3) is 21.8 Å². The van der Waals surface area contributed by atoms with Crippen LogP contribution >= 0.6 is 0 Å². The average molecular weight is 331 g/mol. The molecule has 0 fully saturated rings. The lowest BCUT2D eigenvalue weighted by atomic mass is 10.1. The predicted molar refractivity (Wildman–Crippen MR) is 101 cm³/mol. The largest absolute Gasteiger partial charge is 0.361 e. The number of aromatic nitrogens is 2. The summed E-state index contributed by atoms with van der Waals surface area (Å²) in [7, 11) is 0. The fourth-order valence-electron chi connectivity index (χ4n) is 3.44. The summed E-state index contributed by atoms with van der Waals surface area (Å²) < 4.78 is 0. The van der Waals surface area contributed by atoms with Crippen LogP contribution in [-0.4, -0.2) is 20.8 Å². The Bertz CT molecular complexity index is 952. The Kier molecular flexibility index (Phi) is 4.02. The van der Waals surface area contributed by atoms with E-state index >= 15 is 0 Å². The van der Waals surface area contributed by atoms with E-state index in [-0.39, 0.29) is 5.91 Å². The molecule has 0 aliphatic heterocycles. The molecule has 0 saturated carbocycles. The van der Waals surface area contributed by atoms with Crippen LogP contribution in [-0.2, 0) is 17.9 Å². The van der Waals surface area contributed by atoms with Crippen molar-refractivity contribution < 1.29 is 4.79 Å². The number of hydrogen-bond acceptors (Lipinski definition) is 1. The van der Waals surface area contributed by atoms with Crippen molar-refractivity contribution in [2.75, 3.05) is 0 Å². The molecule has 2 aromatic heterocycles. The number of carbonyl (C=O) groups excluding carboxylic acids is 1. The van der Waals surface area contributed by atoms with Crippen LogP contribution in [0.2, 0.25) is 0 Å². The summed E-state index contributed by atoms with van der Waals surface area (Å²) >= 11 is 0. The molecule has 1 amide bonds. The zero-order valence-electron chi connectivity index (χ0n) is 14.3. The Balaban J connectivity index is 1.68. The number of aromatic amines is 2. The molecule has 4 nitrogen and oxygen atoms in total. The van der Waals surface area contributed by atoms with E-state index in [4.69, 9.17) is 0 Å². The Morgan fingerprint density at radius 3 is 1.84 bits per heavy atom. The first kappa shape index (κ1) is 15.5. The van der Waals surface area contributed by atoms with Gasteiger partial charge in [-0.15, -0.1) is 0 Å². The molecule has 25 heavy (non-hydrogen) atoms. The van der Waals surface area contributed by atoms with E-state index in [1.807, 2.05) is 36.4 Å². The summed E-state index contributed by atoms with van der Waals surface area (Å²) in [5.41, 5.74) is 4.55. The second-order valence-corrected chi connectivity index (χ2v) is 6.32. The molecule has 4 rings (SSSR count). The molecule has 4 aromatic rings. The molecule has 126 valence electrons. The fourth-order valence-corrected chi connectivity index (χ4v) is 3.44. The highest BCUT2D eigenvalue weighted by atomic mass is 16.2. The minimum Gasteiger partial charge on any atom is -0.361 e. The molecular formula is C21H21N3O. The molecule has 2 heterocycles. The number of nitrogens with one attached hydrogen (secondary N) is 2. The number of nitrogens with zero attached hydrogens (tertiary/aromatic N) is 1. The number of carbonyl (C=O) groups is 1. The van der Waals surface area contributed by atoms with Crippen molar-refractivity contribution in [2.45, 2.75) is 26.4 Å². The maximum Gasteiger partial charge on any atom is 0.222 e. The van der Waals surface area contributed by atoms with Crippen molar-refractivity contribution in [2.24, 2.45) is 0 Å². The average Bonchev–Trinajstić information content (AvgIpc) is 3.30. The summed E-state index contributed by atoms with van der Waals surface area (Å²) in [5.74, 6) is 0.167. The van der Waals surface area contributed by atoms with E-state index in [0.717, 1.165) is 11.0 Å². The van der Waals surface area contributed by atoms with Crippen molar-refractivity contribution in [3.8, 4) is 0 Å². The molecule has 0 atom stereocenters. The van der Waals surface area contributed by atoms with Gasteiger partial charge in [-0.25, -0.2) is 0 Å². The van der Waals surface area contributed by atoms with Gasteiger partial charge in [-0.2, -0.15) is 0 Å². The van der Waals surface area contributed by atoms with E-state index in [9.17, 15) is 4.79 Å². The number of hydrogen-bond donors (Lipinski definition) is 2. The lowest BCUT2D eigenvalue weighted by Crippen LogP contribution is -2.29. The van der Waals surface area contributed by atoms with Gasteiger partial charge >= 0.3 is 0 Å². The topological polar surface area (TPSA) is 51.9 Å². The van der Waals surface area contributed by atoms with Gasteiger partial charge in [0.05, 0.1) is 0 Å². The van der Waals surface area contributed by atoms with Crippen molar-refractivity contribution in [1.82, 2.24) is 14.9 Å². The molecule has 0 aliphatic carbocycles. The standard InChI is InChI=1S/C21H21N3O/c1-2-21(25)24(13-15-5-3-7-19-17(15)9-11-22-19)14-16-6-4-8-20-18(16)10-12-23-20/h3-12,22-23H,2,13-14H2,1H3. The molecule has 0 saturated heterocycles. The minimum absolute atomic E-state index is 0.167. The van der Waals surface area contributed by atoms with E-state index in [2.05, 4.69) is 46.4 Å². The van der Waals surface area contributed by atoms with E-state index in [0.29, 0.717) is 19.5 Å². The van der Waals surface area contributed by atoms with Gasteiger partial charge in [-0.3, -0.25) is 4.79 Å². The molecule has 0 spiro atoms. The van der Waals surface area contributed by atoms with E-state index in [1.54, 1.807) is 0 Å². The third-order valence-corrected chi connectivity index (χ3v) is 4.75. The van der Waals surface area contributed by atoms with Crippen LogP contribution < -0.4 is 0 Å². The van der Waals surface area contributed by atoms with Crippen molar-refractivity contribution >= 4 is 27.7 Å². The van der Waals surface area contributed by atoms with Gasteiger partial charge in [0.2, 0.25) is 5.91 Å². The third-order valence-electron chi connectivity index (χ3n) is 4.75. The second kappa shape index (κ2) is 6.48. The highest BCUT2D eigenvalue weighted by Crippen LogP contribution is 2.23. The predicted octanol–water partition coefficient (Wildman–Crippen LogP) is 4.59. The summed E-state index contributed by atoms with van der Waals surface area (Å²) in [4.78, 5) is 21.0. The highest BCUT2D eigenvalue weighted by Gasteiger charge is 2.16. The van der Waals surface area contributed by atoms with Gasteiger partial charge in [0.25, 0.3) is 0 Å². The lowest BCUT2D eigenvalue weighted by Gasteiger charge is -2.23.